The average molecular weight is 231 g/mol. The number of halogens is 1. The summed E-state index contributed by atoms with van der Waals surface area (Å²) < 4.78 is 13.0. The summed E-state index contributed by atoms with van der Waals surface area (Å²) in [6.45, 7) is 0.431. The van der Waals surface area contributed by atoms with E-state index in [0.29, 0.717) is 6.54 Å². The van der Waals surface area contributed by atoms with Crippen LogP contribution < -0.4 is 11.1 Å². The summed E-state index contributed by atoms with van der Waals surface area (Å²) in [6, 6.07) is 10.1. The van der Waals surface area contributed by atoms with E-state index in [1.54, 1.807) is 18.5 Å². The van der Waals surface area contributed by atoms with E-state index in [4.69, 9.17) is 5.73 Å². The van der Waals surface area contributed by atoms with E-state index in [1.165, 1.54) is 12.1 Å². The molecule has 0 saturated heterocycles. The third kappa shape index (κ3) is 3.01. The molecule has 3 nitrogen and oxygen atoms in total. The molecule has 0 radical (unpaired) electrons. The third-order valence-corrected chi connectivity index (χ3v) is 2.51. The lowest BCUT2D eigenvalue weighted by Crippen LogP contribution is -2.20. The average Bonchev–Trinajstić information content (AvgIpc) is 2.37. The molecule has 4 heteroatoms. The molecule has 0 fully saturated rings. The highest BCUT2D eigenvalue weighted by Gasteiger charge is 2.08. The van der Waals surface area contributed by atoms with Crippen molar-refractivity contribution >= 4 is 5.69 Å². The first-order valence-corrected chi connectivity index (χ1v) is 5.41. The van der Waals surface area contributed by atoms with Gasteiger partial charge in [0.2, 0.25) is 0 Å². The van der Waals surface area contributed by atoms with Crippen LogP contribution >= 0.6 is 0 Å². The number of aromatic nitrogens is 1. The van der Waals surface area contributed by atoms with Crippen molar-refractivity contribution in [1.82, 2.24) is 4.98 Å². The van der Waals surface area contributed by atoms with Crippen molar-refractivity contribution in [3.63, 3.8) is 0 Å². The van der Waals surface area contributed by atoms with Crippen molar-refractivity contribution in [3.05, 3.63) is 60.2 Å². The molecule has 0 spiro atoms. The first kappa shape index (κ1) is 11.5. The fraction of sp³-hybridized carbons (Fsp3) is 0.154. The molecule has 1 atom stereocenters. The SMILES string of the molecule is NCC(Nc1cccc(F)c1)c1ccncc1. The number of anilines is 1. The van der Waals surface area contributed by atoms with Crippen LogP contribution in [0.25, 0.3) is 0 Å². The Morgan fingerprint density at radius 1 is 1.24 bits per heavy atom. The van der Waals surface area contributed by atoms with Crippen LogP contribution in [0.1, 0.15) is 11.6 Å². The number of nitrogens with one attached hydrogen (secondary N) is 1. The van der Waals surface area contributed by atoms with E-state index in [2.05, 4.69) is 10.3 Å². The highest BCUT2D eigenvalue weighted by Crippen LogP contribution is 2.18. The summed E-state index contributed by atoms with van der Waals surface area (Å²) >= 11 is 0. The van der Waals surface area contributed by atoms with E-state index >= 15 is 0 Å². The number of rotatable bonds is 4. The van der Waals surface area contributed by atoms with Crippen molar-refractivity contribution in [3.8, 4) is 0 Å². The predicted octanol–water partition coefficient (Wildman–Crippen LogP) is 2.33. The molecule has 0 aliphatic carbocycles. The predicted molar refractivity (Wildman–Crippen MR) is 66.1 cm³/mol. The van der Waals surface area contributed by atoms with Gasteiger partial charge in [-0.15, -0.1) is 0 Å². The number of pyridine rings is 1. The zero-order valence-electron chi connectivity index (χ0n) is 9.31. The minimum absolute atomic E-state index is 0.0419. The Hall–Kier alpha value is -1.94. The molecule has 1 heterocycles. The van der Waals surface area contributed by atoms with E-state index in [-0.39, 0.29) is 11.9 Å². The number of nitrogens with two attached hydrogens (primary N) is 1. The van der Waals surface area contributed by atoms with E-state index in [0.717, 1.165) is 11.3 Å². The van der Waals surface area contributed by atoms with Gasteiger partial charge in [0.15, 0.2) is 0 Å². The molecule has 17 heavy (non-hydrogen) atoms. The molecule has 1 unspecified atom stereocenters. The highest BCUT2D eigenvalue weighted by molar-refractivity contribution is 5.45. The van der Waals surface area contributed by atoms with E-state index < -0.39 is 0 Å². The Kier molecular flexibility index (Phi) is 3.67. The summed E-state index contributed by atoms with van der Waals surface area (Å²) in [5.41, 5.74) is 7.47. The van der Waals surface area contributed by atoms with Crippen LogP contribution in [0.5, 0.6) is 0 Å². The van der Waals surface area contributed by atoms with Crippen LogP contribution in [0.4, 0.5) is 10.1 Å². The minimum Gasteiger partial charge on any atom is -0.377 e. The van der Waals surface area contributed by atoms with Gasteiger partial charge in [-0.1, -0.05) is 6.07 Å². The third-order valence-electron chi connectivity index (χ3n) is 2.51. The molecule has 0 aliphatic rings. The fourth-order valence-corrected chi connectivity index (χ4v) is 1.65. The van der Waals surface area contributed by atoms with Gasteiger partial charge in [-0.25, -0.2) is 4.39 Å². The molecule has 0 bridgehead atoms. The van der Waals surface area contributed by atoms with Gasteiger partial charge in [0.1, 0.15) is 5.82 Å². The molecule has 88 valence electrons. The molecule has 0 aliphatic heterocycles. The Morgan fingerprint density at radius 2 is 2.00 bits per heavy atom. The maximum atomic E-state index is 13.0. The van der Waals surface area contributed by atoms with Crippen LogP contribution in [0.3, 0.4) is 0 Å². The number of hydrogen-bond donors (Lipinski definition) is 2. The normalized spacial score (nSPS) is 12.1. The monoisotopic (exact) mass is 231 g/mol. The Balaban J connectivity index is 2.16. The zero-order chi connectivity index (χ0) is 12.1. The highest BCUT2D eigenvalue weighted by atomic mass is 19.1. The van der Waals surface area contributed by atoms with Crippen LogP contribution in [0, 0.1) is 5.82 Å². The molecule has 1 aromatic heterocycles. The van der Waals surface area contributed by atoms with Crippen molar-refractivity contribution in [2.24, 2.45) is 5.73 Å². The van der Waals surface area contributed by atoms with Crippen molar-refractivity contribution < 1.29 is 4.39 Å². The molecular formula is C13H14FN3. The van der Waals surface area contributed by atoms with Gasteiger partial charge < -0.3 is 11.1 Å². The summed E-state index contributed by atoms with van der Waals surface area (Å²) in [4.78, 5) is 3.95. The standard InChI is InChI=1S/C13H14FN3/c14-11-2-1-3-12(8-11)17-13(9-15)10-4-6-16-7-5-10/h1-8,13,17H,9,15H2. The summed E-state index contributed by atoms with van der Waals surface area (Å²) in [5.74, 6) is -0.263. The van der Waals surface area contributed by atoms with Crippen molar-refractivity contribution in [1.29, 1.82) is 0 Å². The largest absolute Gasteiger partial charge is 0.377 e. The molecule has 0 amide bonds. The second-order valence-corrected chi connectivity index (χ2v) is 3.72. The lowest BCUT2D eigenvalue weighted by molar-refractivity contribution is 0.627. The van der Waals surface area contributed by atoms with Gasteiger partial charge >= 0.3 is 0 Å². The van der Waals surface area contributed by atoms with E-state index in [9.17, 15) is 4.39 Å². The van der Waals surface area contributed by atoms with Crippen molar-refractivity contribution in [2.75, 3.05) is 11.9 Å². The minimum atomic E-state index is -0.263. The molecular weight excluding hydrogens is 217 g/mol. The molecule has 1 aromatic carbocycles. The number of hydrogen-bond acceptors (Lipinski definition) is 3. The van der Waals surface area contributed by atoms with Gasteiger partial charge in [-0.05, 0) is 35.9 Å². The first-order valence-electron chi connectivity index (χ1n) is 5.41. The fourth-order valence-electron chi connectivity index (χ4n) is 1.65. The first-order chi connectivity index (χ1) is 8.29. The van der Waals surface area contributed by atoms with E-state index in [1.807, 2.05) is 18.2 Å². The summed E-state index contributed by atoms with van der Waals surface area (Å²) in [5, 5.41) is 3.19. The quantitative estimate of drug-likeness (QED) is 0.849. The van der Waals surface area contributed by atoms with Crippen LogP contribution in [0.2, 0.25) is 0 Å². The lowest BCUT2D eigenvalue weighted by Gasteiger charge is -2.18. The zero-order valence-corrected chi connectivity index (χ0v) is 9.31. The van der Waals surface area contributed by atoms with Gasteiger partial charge in [0.05, 0.1) is 6.04 Å². The maximum absolute atomic E-state index is 13.0. The lowest BCUT2D eigenvalue weighted by atomic mass is 10.1. The maximum Gasteiger partial charge on any atom is 0.125 e. The second-order valence-electron chi connectivity index (χ2n) is 3.72. The summed E-state index contributed by atoms with van der Waals surface area (Å²) in [7, 11) is 0. The second kappa shape index (κ2) is 5.41. The molecule has 2 aromatic rings. The Labute approximate surface area is 99.5 Å². The molecule has 0 saturated carbocycles. The van der Waals surface area contributed by atoms with Crippen LogP contribution in [-0.4, -0.2) is 11.5 Å². The Morgan fingerprint density at radius 3 is 2.65 bits per heavy atom. The van der Waals surface area contributed by atoms with Gasteiger partial charge in [0.25, 0.3) is 0 Å². The molecule has 2 rings (SSSR count). The van der Waals surface area contributed by atoms with Gasteiger partial charge in [0, 0.05) is 24.6 Å². The topological polar surface area (TPSA) is 50.9 Å². The van der Waals surface area contributed by atoms with Gasteiger partial charge in [-0.3, -0.25) is 4.98 Å². The number of benzene rings is 1. The number of nitrogens with zero attached hydrogens (tertiary/aromatic N) is 1. The Bertz CT molecular complexity index is 473. The van der Waals surface area contributed by atoms with Gasteiger partial charge in [-0.2, -0.15) is 0 Å². The van der Waals surface area contributed by atoms with Crippen LogP contribution in [-0.2, 0) is 0 Å². The molecule has 3 N–H and O–H groups in total. The van der Waals surface area contributed by atoms with Crippen molar-refractivity contribution in [2.45, 2.75) is 6.04 Å². The van der Waals surface area contributed by atoms with Crippen LogP contribution in [0.15, 0.2) is 48.8 Å². The smallest absolute Gasteiger partial charge is 0.125 e. The summed E-state index contributed by atoms with van der Waals surface area (Å²) in [6.07, 6.45) is 3.43.